The van der Waals surface area contributed by atoms with E-state index in [9.17, 15) is 9.59 Å². The van der Waals surface area contributed by atoms with E-state index in [2.05, 4.69) is 11.9 Å². The average Bonchev–Trinajstić information content (AvgIpc) is 3.25. The van der Waals surface area contributed by atoms with Crippen LogP contribution < -0.4 is 15.6 Å². The maximum atomic E-state index is 13.4. The minimum atomic E-state index is -0.195. The van der Waals surface area contributed by atoms with Gasteiger partial charge in [0.15, 0.2) is 5.16 Å². The van der Waals surface area contributed by atoms with E-state index in [-0.39, 0.29) is 17.2 Å². The fraction of sp³-hybridized carbons (Fsp3) is 0.125. The number of benzene rings is 2. The van der Waals surface area contributed by atoms with Gasteiger partial charge < -0.3 is 10.1 Å². The quantitative estimate of drug-likeness (QED) is 0.225. The summed E-state index contributed by atoms with van der Waals surface area (Å²) in [5.74, 6) is 0.580. The number of ether oxygens (including phenoxy) is 1. The summed E-state index contributed by atoms with van der Waals surface area (Å²) >= 11 is 2.65. The summed E-state index contributed by atoms with van der Waals surface area (Å²) in [5, 5.41) is 5.88. The van der Waals surface area contributed by atoms with Crippen molar-refractivity contribution < 1.29 is 9.53 Å². The Bertz CT molecular complexity index is 1330. The number of amides is 1. The van der Waals surface area contributed by atoms with Crippen LogP contribution in [0.3, 0.4) is 0 Å². The molecule has 4 rings (SSSR count). The topological polar surface area (TPSA) is 73.2 Å². The lowest BCUT2D eigenvalue weighted by molar-refractivity contribution is -0.113. The Morgan fingerprint density at radius 2 is 2.06 bits per heavy atom. The number of nitrogens with one attached hydrogen (secondary N) is 1. The van der Waals surface area contributed by atoms with E-state index in [1.807, 2.05) is 41.8 Å². The summed E-state index contributed by atoms with van der Waals surface area (Å²) in [4.78, 5) is 31.2. The van der Waals surface area contributed by atoms with Gasteiger partial charge in [0.25, 0.3) is 5.56 Å². The van der Waals surface area contributed by atoms with Crippen molar-refractivity contribution in [3.05, 3.63) is 83.0 Å². The van der Waals surface area contributed by atoms with E-state index in [1.54, 1.807) is 36.0 Å². The highest BCUT2D eigenvalue weighted by Gasteiger charge is 2.17. The molecule has 2 heterocycles. The van der Waals surface area contributed by atoms with Gasteiger partial charge in [0, 0.05) is 29.2 Å². The molecule has 0 saturated carbocycles. The number of fused-ring (bicyclic) bond motifs is 1. The van der Waals surface area contributed by atoms with Crippen LogP contribution in [0.5, 0.6) is 5.75 Å². The third-order valence-corrected chi connectivity index (χ3v) is 6.59. The SMILES string of the molecule is C=CCn1c(SCC(=O)Nc2cccc(OC)c2)nc2scc(-c3ccccc3)c2c1=O. The number of allylic oxidation sites excluding steroid dienone is 1. The Hall–Kier alpha value is -3.36. The number of rotatable bonds is 8. The van der Waals surface area contributed by atoms with Gasteiger partial charge in [0.1, 0.15) is 10.6 Å². The predicted octanol–water partition coefficient (Wildman–Crippen LogP) is 5.05. The van der Waals surface area contributed by atoms with E-state index in [4.69, 9.17) is 9.72 Å². The number of thiophene rings is 1. The molecule has 4 aromatic rings. The highest BCUT2D eigenvalue weighted by molar-refractivity contribution is 7.99. The maximum absolute atomic E-state index is 13.4. The first-order valence-electron chi connectivity index (χ1n) is 9.85. The largest absolute Gasteiger partial charge is 0.497 e. The van der Waals surface area contributed by atoms with Crippen molar-refractivity contribution in [2.45, 2.75) is 11.7 Å². The minimum Gasteiger partial charge on any atom is -0.497 e. The second kappa shape index (κ2) is 9.84. The number of carbonyl (C=O) groups is 1. The van der Waals surface area contributed by atoms with E-state index in [1.165, 1.54) is 23.1 Å². The summed E-state index contributed by atoms with van der Waals surface area (Å²) in [6.07, 6.45) is 1.66. The molecule has 0 spiro atoms. The number of carbonyl (C=O) groups excluding carboxylic acids is 1. The van der Waals surface area contributed by atoms with Gasteiger partial charge in [0.2, 0.25) is 5.91 Å². The Kier molecular flexibility index (Phi) is 6.72. The monoisotopic (exact) mass is 463 g/mol. The van der Waals surface area contributed by atoms with Crippen LogP contribution in [0.4, 0.5) is 5.69 Å². The molecule has 0 radical (unpaired) electrons. The van der Waals surface area contributed by atoms with E-state index in [0.717, 1.165) is 11.1 Å². The molecule has 1 amide bonds. The smallest absolute Gasteiger partial charge is 0.263 e. The van der Waals surface area contributed by atoms with Gasteiger partial charge >= 0.3 is 0 Å². The molecule has 0 aliphatic carbocycles. The van der Waals surface area contributed by atoms with Gasteiger partial charge in [0.05, 0.1) is 18.2 Å². The summed E-state index contributed by atoms with van der Waals surface area (Å²) < 4.78 is 6.75. The summed E-state index contributed by atoms with van der Waals surface area (Å²) in [5.41, 5.74) is 2.35. The number of anilines is 1. The van der Waals surface area contributed by atoms with Crippen LogP contribution in [0.25, 0.3) is 21.3 Å². The number of hydrogen-bond acceptors (Lipinski definition) is 6. The highest BCUT2D eigenvalue weighted by atomic mass is 32.2. The molecule has 2 aromatic heterocycles. The van der Waals surface area contributed by atoms with Crippen molar-refractivity contribution in [2.75, 3.05) is 18.2 Å². The van der Waals surface area contributed by atoms with Crippen molar-refractivity contribution in [1.82, 2.24) is 9.55 Å². The minimum absolute atomic E-state index is 0.114. The van der Waals surface area contributed by atoms with Gasteiger partial charge in [-0.25, -0.2) is 4.98 Å². The van der Waals surface area contributed by atoms with Crippen molar-refractivity contribution in [1.29, 1.82) is 0 Å². The van der Waals surface area contributed by atoms with Crippen molar-refractivity contribution in [2.24, 2.45) is 0 Å². The van der Waals surface area contributed by atoms with Crippen LogP contribution in [0.2, 0.25) is 0 Å². The molecule has 0 aliphatic heterocycles. The van der Waals surface area contributed by atoms with Crippen LogP contribution in [-0.2, 0) is 11.3 Å². The number of nitrogens with zero attached hydrogens (tertiary/aromatic N) is 2. The number of methoxy groups -OCH3 is 1. The highest BCUT2D eigenvalue weighted by Crippen LogP contribution is 2.32. The molecule has 2 aromatic carbocycles. The first kappa shape index (κ1) is 21.9. The normalized spacial score (nSPS) is 10.8. The van der Waals surface area contributed by atoms with Crippen LogP contribution in [0.15, 0.2) is 82.6 Å². The summed E-state index contributed by atoms with van der Waals surface area (Å²) in [7, 11) is 1.57. The molecular formula is C24H21N3O3S2. The van der Waals surface area contributed by atoms with Crippen LogP contribution in [0.1, 0.15) is 0 Å². The van der Waals surface area contributed by atoms with Crippen molar-refractivity contribution >= 4 is 44.9 Å². The molecular weight excluding hydrogens is 442 g/mol. The first-order valence-corrected chi connectivity index (χ1v) is 11.7. The van der Waals surface area contributed by atoms with E-state index in [0.29, 0.717) is 33.4 Å². The van der Waals surface area contributed by atoms with E-state index < -0.39 is 0 Å². The predicted molar refractivity (Wildman–Crippen MR) is 132 cm³/mol. The second-order valence-electron chi connectivity index (χ2n) is 6.86. The zero-order chi connectivity index (χ0) is 22.5. The standard InChI is InChI=1S/C24H21N3O3S2/c1-3-12-27-23(29)21-19(16-8-5-4-6-9-16)14-31-22(21)26-24(27)32-15-20(28)25-17-10-7-11-18(13-17)30-2/h3-11,13-14H,1,12,15H2,2H3,(H,25,28). The van der Waals surface area contributed by atoms with Crippen LogP contribution in [0, 0.1) is 0 Å². The molecule has 6 nitrogen and oxygen atoms in total. The van der Waals surface area contributed by atoms with Crippen molar-refractivity contribution in [3.63, 3.8) is 0 Å². The lowest BCUT2D eigenvalue weighted by atomic mass is 10.1. The molecule has 162 valence electrons. The van der Waals surface area contributed by atoms with Crippen molar-refractivity contribution in [3.8, 4) is 16.9 Å². The number of aromatic nitrogens is 2. The van der Waals surface area contributed by atoms with Gasteiger partial charge in [-0.15, -0.1) is 17.9 Å². The Morgan fingerprint density at radius 1 is 1.25 bits per heavy atom. The lowest BCUT2D eigenvalue weighted by Gasteiger charge is -2.11. The van der Waals surface area contributed by atoms with E-state index >= 15 is 0 Å². The molecule has 0 atom stereocenters. The fourth-order valence-corrected chi connectivity index (χ4v) is 5.06. The molecule has 0 fully saturated rings. The molecule has 8 heteroatoms. The lowest BCUT2D eigenvalue weighted by Crippen LogP contribution is -2.23. The van der Waals surface area contributed by atoms with Gasteiger partial charge in [-0.3, -0.25) is 14.2 Å². The summed E-state index contributed by atoms with van der Waals surface area (Å²) in [6, 6.07) is 16.9. The third kappa shape index (κ3) is 4.61. The van der Waals surface area contributed by atoms with Gasteiger partial charge in [-0.2, -0.15) is 0 Å². The Morgan fingerprint density at radius 3 is 2.81 bits per heavy atom. The fourth-order valence-electron chi connectivity index (χ4n) is 3.26. The molecule has 1 N–H and O–H groups in total. The average molecular weight is 464 g/mol. The first-order chi connectivity index (χ1) is 15.6. The van der Waals surface area contributed by atoms with Gasteiger partial charge in [-0.1, -0.05) is 54.2 Å². The number of thioether (sulfide) groups is 1. The molecule has 0 saturated heterocycles. The molecule has 0 aliphatic rings. The Balaban J connectivity index is 1.61. The zero-order valence-electron chi connectivity index (χ0n) is 17.4. The number of hydrogen-bond donors (Lipinski definition) is 1. The van der Waals surface area contributed by atoms with Crippen LogP contribution >= 0.6 is 23.1 Å². The second-order valence-corrected chi connectivity index (χ2v) is 8.66. The van der Waals surface area contributed by atoms with Gasteiger partial charge in [-0.05, 0) is 17.7 Å². The Labute approximate surface area is 193 Å². The molecule has 0 unspecified atom stereocenters. The third-order valence-electron chi connectivity index (χ3n) is 4.74. The summed E-state index contributed by atoms with van der Waals surface area (Å²) in [6.45, 7) is 4.08. The van der Waals surface area contributed by atoms with Crippen LogP contribution in [-0.4, -0.2) is 28.3 Å². The maximum Gasteiger partial charge on any atom is 0.263 e. The molecule has 0 bridgehead atoms. The molecule has 32 heavy (non-hydrogen) atoms. The zero-order valence-corrected chi connectivity index (χ0v) is 19.0.